The minimum atomic E-state index is -0.469. The van der Waals surface area contributed by atoms with E-state index in [1.54, 1.807) is 4.90 Å². The van der Waals surface area contributed by atoms with Crippen molar-refractivity contribution in [2.45, 2.75) is 71.4 Å². The molecule has 25 heavy (non-hydrogen) atoms. The third-order valence-corrected chi connectivity index (χ3v) is 5.07. The molecule has 0 saturated heterocycles. The first kappa shape index (κ1) is 17.7. The van der Waals surface area contributed by atoms with E-state index in [1.807, 2.05) is 24.6 Å². The van der Waals surface area contributed by atoms with Gasteiger partial charge in [-0.3, -0.25) is 14.5 Å². The summed E-state index contributed by atoms with van der Waals surface area (Å²) in [5, 5.41) is 7.45. The third-order valence-electron chi connectivity index (χ3n) is 5.07. The van der Waals surface area contributed by atoms with E-state index >= 15 is 0 Å². The van der Waals surface area contributed by atoms with Gasteiger partial charge in [-0.05, 0) is 45.4 Å². The molecule has 1 N–H and O–H groups in total. The second-order valence-corrected chi connectivity index (χ2v) is 6.95. The molecule has 2 amide bonds. The zero-order chi connectivity index (χ0) is 17.8. The molecule has 1 aromatic rings. The monoisotopic (exact) mass is 344 g/mol. The molecule has 0 spiro atoms. The molecular formula is C19H28N4O2. The maximum Gasteiger partial charge on any atom is 0.243 e. The smallest absolute Gasteiger partial charge is 0.243 e. The lowest BCUT2D eigenvalue weighted by atomic mass is 9.97. The molecule has 6 heteroatoms. The van der Waals surface area contributed by atoms with Crippen LogP contribution in [0.3, 0.4) is 0 Å². The highest BCUT2D eigenvalue weighted by atomic mass is 16.2. The highest BCUT2D eigenvalue weighted by Gasteiger charge is 2.34. The number of anilines is 1. The number of allylic oxidation sites excluding steroid dienone is 1. The van der Waals surface area contributed by atoms with Crippen molar-refractivity contribution < 1.29 is 9.59 Å². The summed E-state index contributed by atoms with van der Waals surface area (Å²) in [5.41, 5.74) is 2.32. The summed E-state index contributed by atoms with van der Waals surface area (Å²) in [6.45, 7) is 5.09. The van der Waals surface area contributed by atoms with E-state index < -0.39 is 6.04 Å². The Morgan fingerprint density at radius 1 is 1.36 bits per heavy atom. The van der Waals surface area contributed by atoms with Crippen LogP contribution >= 0.6 is 0 Å². The summed E-state index contributed by atoms with van der Waals surface area (Å²) in [4.78, 5) is 26.8. The zero-order valence-corrected chi connectivity index (χ0v) is 15.3. The minimum Gasteiger partial charge on any atom is -0.354 e. The Morgan fingerprint density at radius 3 is 2.92 bits per heavy atom. The normalized spacial score (nSPS) is 18.6. The van der Waals surface area contributed by atoms with Crippen LogP contribution in [-0.4, -0.2) is 34.2 Å². The largest absolute Gasteiger partial charge is 0.354 e. The average Bonchev–Trinajstić information content (AvgIpc) is 2.99. The van der Waals surface area contributed by atoms with Gasteiger partial charge >= 0.3 is 0 Å². The fourth-order valence-electron chi connectivity index (χ4n) is 3.75. The SMILES string of the molecule is CC[C@H](C(=O)NCCC1=CCCCC1)N1C(=O)CCn2nc(C)cc21. The van der Waals surface area contributed by atoms with Crippen LogP contribution in [0.15, 0.2) is 17.7 Å². The van der Waals surface area contributed by atoms with Gasteiger partial charge in [0.15, 0.2) is 0 Å². The molecule has 3 rings (SSSR count). The van der Waals surface area contributed by atoms with Gasteiger partial charge in [-0.1, -0.05) is 18.6 Å². The van der Waals surface area contributed by atoms with Crippen LogP contribution in [0.5, 0.6) is 0 Å². The Bertz CT molecular complexity index is 677. The lowest BCUT2D eigenvalue weighted by molar-refractivity contribution is -0.127. The lowest BCUT2D eigenvalue weighted by Crippen LogP contribution is -2.52. The van der Waals surface area contributed by atoms with Crippen LogP contribution in [0.25, 0.3) is 0 Å². The minimum absolute atomic E-state index is 0.00406. The first-order valence-electron chi connectivity index (χ1n) is 9.42. The molecule has 2 heterocycles. The lowest BCUT2D eigenvalue weighted by Gasteiger charge is -2.33. The predicted molar refractivity (Wildman–Crippen MR) is 97.3 cm³/mol. The number of fused-ring (bicyclic) bond motifs is 1. The second kappa shape index (κ2) is 7.85. The molecule has 0 fully saturated rings. The summed E-state index contributed by atoms with van der Waals surface area (Å²) in [6.07, 6.45) is 9.04. The van der Waals surface area contributed by atoms with Crippen molar-refractivity contribution in [1.82, 2.24) is 15.1 Å². The summed E-state index contributed by atoms with van der Waals surface area (Å²) < 4.78 is 1.83. The number of nitrogens with zero attached hydrogens (tertiary/aromatic N) is 3. The number of amides is 2. The van der Waals surface area contributed by atoms with E-state index in [-0.39, 0.29) is 11.8 Å². The molecule has 1 aliphatic carbocycles. The summed E-state index contributed by atoms with van der Waals surface area (Å²) in [7, 11) is 0. The van der Waals surface area contributed by atoms with Crippen LogP contribution in [0, 0.1) is 6.92 Å². The van der Waals surface area contributed by atoms with Crippen LogP contribution in [0.2, 0.25) is 0 Å². The van der Waals surface area contributed by atoms with Gasteiger partial charge in [0.1, 0.15) is 11.9 Å². The molecule has 6 nitrogen and oxygen atoms in total. The van der Waals surface area contributed by atoms with Crippen molar-refractivity contribution in [1.29, 1.82) is 0 Å². The Hall–Kier alpha value is -2.11. The number of aryl methyl sites for hydroxylation is 2. The van der Waals surface area contributed by atoms with Crippen molar-refractivity contribution in [3.63, 3.8) is 0 Å². The molecule has 2 aliphatic rings. The van der Waals surface area contributed by atoms with Gasteiger partial charge in [-0.15, -0.1) is 0 Å². The number of aromatic nitrogens is 2. The maximum absolute atomic E-state index is 12.7. The molecule has 1 aromatic heterocycles. The standard InChI is InChI=1S/C19H28N4O2/c1-3-16(19(25)20-11-9-15-7-5-4-6-8-15)23-17-13-14(2)21-22(17)12-10-18(23)24/h7,13,16H,3-6,8-12H2,1-2H3,(H,20,25)/t16-/m1/s1. The Morgan fingerprint density at radius 2 is 2.20 bits per heavy atom. The first-order valence-corrected chi connectivity index (χ1v) is 9.42. The number of carbonyl (C=O) groups excluding carboxylic acids is 2. The van der Waals surface area contributed by atoms with E-state index in [1.165, 1.54) is 18.4 Å². The highest BCUT2D eigenvalue weighted by molar-refractivity contribution is 6.00. The Kier molecular flexibility index (Phi) is 5.56. The number of nitrogens with one attached hydrogen (secondary N) is 1. The van der Waals surface area contributed by atoms with Crippen molar-refractivity contribution in [2.24, 2.45) is 0 Å². The van der Waals surface area contributed by atoms with E-state index in [4.69, 9.17) is 0 Å². The first-order chi connectivity index (χ1) is 12.1. The number of hydrogen-bond donors (Lipinski definition) is 1. The van der Waals surface area contributed by atoms with Gasteiger partial charge in [0, 0.05) is 19.0 Å². The summed E-state index contributed by atoms with van der Waals surface area (Å²) in [6, 6.07) is 1.42. The molecule has 0 aromatic carbocycles. The molecule has 1 atom stereocenters. The molecule has 0 saturated carbocycles. The maximum atomic E-state index is 12.7. The van der Waals surface area contributed by atoms with Gasteiger partial charge in [0.05, 0.1) is 12.2 Å². The van der Waals surface area contributed by atoms with E-state index in [0.717, 1.165) is 30.8 Å². The number of hydrogen-bond acceptors (Lipinski definition) is 3. The molecule has 0 bridgehead atoms. The fourth-order valence-corrected chi connectivity index (χ4v) is 3.75. The van der Waals surface area contributed by atoms with E-state index in [9.17, 15) is 9.59 Å². The van der Waals surface area contributed by atoms with Gasteiger partial charge < -0.3 is 5.32 Å². The molecular weight excluding hydrogens is 316 g/mol. The van der Waals surface area contributed by atoms with E-state index in [2.05, 4.69) is 16.5 Å². The topological polar surface area (TPSA) is 67.2 Å². The van der Waals surface area contributed by atoms with Crippen LogP contribution in [0.1, 0.15) is 57.6 Å². The van der Waals surface area contributed by atoms with E-state index in [0.29, 0.717) is 25.9 Å². The van der Waals surface area contributed by atoms with Crippen LogP contribution < -0.4 is 10.2 Å². The molecule has 0 unspecified atom stereocenters. The van der Waals surface area contributed by atoms with Crippen LogP contribution in [-0.2, 0) is 16.1 Å². The second-order valence-electron chi connectivity index (χ2n) is 6.95. The quantitative estimate of drug-likeness (QED) is 0.807. The van der Waals surface area contributed by atoms with Crippen molar-refractivity contribution >= 4 is 17.6 Å². The number of carbonyl (C=O) groups is 2. The Balaban J connectivity index is 1.65. The number of rotatable bonds is 6. The van der Waals surface area contributed by atoms with Gasteiger partial charge in [-0.2, -0.15) is 5.10 Å². The zero-order valence-electron chi connectivity index (χ0n) is 15.3. The van der Waals surface area contributed by atoms with Gasteiger partial charge in [0.25, 0.3) is 0 Å². The van der Waals surface area contributed by atoms with Crippen molar-refractivity contribution in [2.75, 3.05) is 11.4 Å². The molecule has 0 radical (unpaired) electrons. The van der Waals surface area contributed by atoms with Crippen molar-refractivity contribution in [3.05, 3.63) is 23.4 Å². The summed E-state index contributed by atoms with van der Waals surface area (Å²) >= 11 is 0. The highest BCUT2D eigenvalue weighted by Crippen LogP contribution is 2.26. The summed E-state index contributed by atoms with van der Waals surface area (Å²) in [5.74, 6) is 0.676. The fraction of sp³-hybridized carbons (Fsp3) is 0.632. The predicted octanol–water partition coefficient (Wildman–Crippen LogP) is 2.71. The molecule has 1 aliphatic heterocycles. The van der Waals surface area contributed by atoms with Gasteiger partial charge in [-0.25, -0.2) is 4.68 Å². The molecule has 136 valence electrons. The van der Waals surface area contributed by atoms with Crippen molar-refractivity contribution in [3.8, 4) is 0 Å². The van der Waals surface area contributed by atoms with Crippen LogP contribution in [0.4, 0.5) is 5.82 Å². The van der Waals surface area contributed by atoms with Gasteiger partial charge in [0.2, 0.25) is 11.8 Å². The Labute approximate surface area is 149 Å². The third kappa shape index (κ3) is 3.94. The average molecular weight is 344 g/mol.